The normalized spacial score (nSPS) is 11.8. The minimum atomic E-state index is 0.104. The van der Waals surface area contributed by atoms with Gasteiger partial charge in [-0.15, -0.1) is 0 Å². The quantitative estimate of drug-likeness (QED) is 0.746. The van der Waals surface area contributed by atoms with Crippen molar-refractivity contribution in [1.82, 2.24) is 0 Å². The second kappa shape index (κ2) is 5.98. The third-order valence-corrected chi connectivity index (χ3v) is 2.10. The Hall–Kier alpha value is -1.74. The summed E-state index contributed by atoms with van der Waals surface area (Å²) >= 11 is 11.2. The molecule has 0 unspecified atom stereocenters. The predicted octanol–water partition coefficient (Wildman–Crippen LogP) is 3.89. The Morgan fingerprint density at radius 3 is 1.81 bits per heavy atom. The molecule has 0 spiro atoms. The van der Waals surface area contributed by atoms with Crippen LogP contribution in [0.4, 0.5) is 0 Å². The molecule has 16 heavy (non-hydrogen) atoms. The molecule has 0 atom stereocenters. The van der Waals surface area contributed by atoms with Crippen molar-refractivity contribution >= 4 is 35.4 Å². The number of nitrogens with zero attached hydrogens (tertiary/aromatic N) is 2. The molecule has 0 radical (unpaired) electrons. The monoisotopic (exact) mass is 248 g/mol. The second-order valence-electron chi connectivity index (χ2n) is 2.88. The van der Waals surface area contributed by atoms with Crippen LogP contribution < -0.4 is 0 Å². The van der Waals surface area contributed by atoms with E-state index in [1.165, 1.54) is 0 Å². The highest BCUT2D eigenvalue weighted by Crippen LogP contribution is 2.14. The number of hydrogen-bond acceptors (Lipinski definition) is 2. The number of rotatable bonds is 2. The van der Waals surface area contributed by atoms with Crippen molar-refractivity contribution in [3.63, 3.8) is 0 Å². The van der Waals surface area contributed by atoms with Gasteiger partial charge in [-0.3, -0.25) is 0 Å². The van der Waals surface area contributed by atoms with Gasteiger partial charge in [0.25, 0.3) is 0 Å². The SMILES string of the molecule is N#C/C(Cl)=C/c1cccc(/C=C(/Cl)C#N)c1. The van der Waals surface area contributed by atoms with Gasteiger partial charge in [-0.2, -0.15) is 10.5 Å². The lowest BCUT2D eigenvalue weighted by molar-refractivity contribution is 1.52. The third kappa shape index (κ3) is 3.79. The van der Waals surface area contributed by atoms with Crippen molar-refractivity contribution in [3.05, 3.63) is 45.5 Å². The molecule has 78 valence electrons. The lowest BCUT2D eigenvalue weighted by Gasteiger charge is -1.96. The van der Waals surface area contributed by atoms with Crippen molar-refractivity contribution in [1.29, 1.82) is 10.5 Å². The van der Waals surface area contributed by atoms with Crippen LogP contribution in [0.3, 0.4) is 0 Å². The second-order valence-corrected chi connectivity index (χ2v) is 3.69. The van der Waals surface area contributed by atoms with Crippen LogP contribution in [0.2, 0.25) is 0 Å². The van der Waals surface area contributed by atoms with Crippen molar-refractivity contribution in [2.75, 3.05) is 0 Å². The van der Waals surface area contributed by atoms with Crippen molar-refractivity contribution in [2.24, 2.45) is 0 Å². The van der Waals surface area contributed by atoms with Crippen LogP contribution in [0.5, 0.6) is 0 Å². The summed E-state index contributed by atoms with van der Waals surface area (Å²) in [5.74, 6) is 0. The van der Waals surface area contributed by atoms with Crippen molar-refractivity contribution < 1.29 is 0 Å². The van der Waals surface area contributed by atoms with E-state index in [2.05, 4.69) is 0 Å². The van der Waals surface area contributed by atoms with E-state index in [1.807, 2.05) is 12.1 Å². The first-order valence-corrected chi connectivity index (χ1v) is 5.06. The van der Waals surface area contributed by atoms with Crippen LogP contribution in [-0.4, -0.2) is 0 Å². The summed E-state index contributed by atoms with van der Waals surface area (Å²) < 4.78 is 0. The first-order chi connectivity index (χ1) is 7.65. The average Bonchev–Trinajstić information content (AvgIpc) is 2.29. The van der Waals surface area contributed by atoms with Crippen LogP contribution >= 0.6 is 23.2 Å². The highest BCUT2D eigenvalue weighted by atomic mass is 35.5. The molecule has 0 aliphatic heterocycles. The summed E-state index contributed by atoms with van der Waals surface area (Å²) in [6.45, 7) is 0. The Morgan fingerprint density at radius 2 is 1.44 bits per heavy atom. The molecule has 2 nitrogen and oxygen atoms in total. The summed E-state index contributed by atoms with van der Waals surface area (Å²) in [6, 6.07) is 10.8. The van der Waals surface area contributed by atoms with Crippen LogP contribution in [0.15, 0.2) is 34.3 Å². The fourth-order valence-corrected chi connectivity index (χ4v) is 1.35. The summed E-state index contributed by atoms with van der Waals surface area (Å²) in [5, 5.41) is 17.3. The van der Waals surface area contributed by atoms with Crippen LogP contribution in [0.1, 0.15) is 11.1 Å². The number of nitriles is 2. The molecule has 0 saturated heterocycles. The first-order valence-electron chi connectivity index (χ1n) is 4.30. The molecule has 0 N–H and O–H groups in total. The molecule has 0 bridgehead atoms. The van der Waals surface area contributed by atoms with Gasteiger partial charge in [0.05, 0.1) is 0 Å². The van der Waals surface area contributed by atoms with E-state index in [0.29, 0.717) is 0 Å². The van der Waals surface area contributed by atoms with E-state index in [4.69, 9.17) is 33.7 Å². The minimum absolute atomic E-state index is 0.104. The van der Waals surface area contributed by atoms with Gasteiger partial charge in [0.15, 0.2) is 0 Å². The molecule has 1 rings (SSSR count). The lowest BCUT2D eigenvalue weighted by atomic mass is 10.1. The highest BCUT2D eigenvalue weighted by Gasteiger charge is 1.95. The largest absolute Gasteiger partial charge is 0.191 e. The third-order valence-electron chi connectivity index (χ3n) is 1.71. The number of halogens is 2. The van der Waals surface area contributed by atoms with Gasteiger partial charge in [0.2, 0.25) is 0 Å². The van der Waals surface area contributed by atoms with Crippen LogP contribution in [-0.2, 0) is 0 Å². The Kier molecular flexibility index (Phi) is 4.61. The van der Waals surface area contributed by atoms with E-state index in [9.17, 15) is 0 Å². The topological polar surface area (TPSA) is 47.6 Å². The van der Waals surface area contributed by atoms with Crippen LogP contribution in [0, 0.1) is 22.7 Å². The van der Waals surface area contributed by atoms with Gasteiger partial charge in [-0.25, -0.2) is 0 Å². The van der Waals surface area contributed by atoms with Crippen LogP contribution in [0.25, 0.3) is 12.2 Å². The maximum atomic E-state index is 8.52. The van der Waals surface area contributed by atoms with Gasteiger partial charge in [-0.05, 0) is 29.3 Å². The molecule has 1 aromatic carbocycles. The van der Waals surface area contributed by atoms with E-state index >= 15 is 0 Å². The molecule has 0 heterocycles. The standard InChI is InChI=1S/C12H6Cl2N2/c13-11(7-15)5-9-2-1-3-10(4-9)6-12(14)8-16/h1-6H/b11-5-,12-6+. The Labute approximate surface area is 104 Å². The molecular weight excluding hydrogens is 243 g/mol. The van der Waals surface area contributed by atoms with Gasteiger partial charge >= 0.3 is 0 Å². The lowest BCUT2D eigenvalue weighted by Crippen LogP contribution is -1.77. The fourth-order valence-electron chi connectivity index (χ4n) is 1.10. The maximum absolute atomic E-state index is 8.52. The Bertz CT molecular complexity index is 485. The Balaban J connectivity index is 3.07. The first kappa shape index (κ1) is 12.3. The molecular formula is C12H6Cl2N2. The van der Waals surface area contributed by atoms with E-state index in [1.54, 1.807) is 36.4 Å². The van der Waals surface area contributed by atoms with E-state index in [0.717, 1.165) is 11.1 Å². The molecule has 0 aliphatic carbocycles. The Morgan fingerprint density at radius 1 is 1.00 bits per heavy atom. The molecule has 4 heteroatoms. The summed E-state index contributed by atoms with van der Waals surface area (Å²) in [4.78, 5) is 0. The summed E-state index contributed by atoms with van der Waals surface area (Å²) in [7, 11) is 0. The average molecular weight is 249 g/mol. The number of benzene rings is 1. The number of hydrogen-bond donors (Lipinski definition) is 0. The zero-order chi connectivity index (χ0) is 12.0. The fraction of sp³-hybridized carbons (Fsp3) is 0. The molecule has 0 aromatic heterocycles. The smallest absolute Gasteiger partial charge is 0.118 e. The van der Waals surface area contributed by atoms with E-state index in [-0.39, 0.29) is 10.1 Å². The van der Waals surface area contributed by atoms with Crippen molar-refractivity contribution in [2.45, 2.75) is 0 Å². The maximum Gasteiger partial charge on any atom is 0.118 e. The van der Waals surface area contributed by atoms with Gasteiger partial charge in [0, 0.05) is 0 Å². The minimum Gasteiger partial charge on any atom is -0.191 e. The van der Waals surface area contributed by atoms with Gasteiger partial charge in [-0.1, -0.05) is 41.4 Å². The zero-order valence-electron chi connectivity index (χ0n) is 8.11. The van der Waals surface area contributed by atoms with E-state index < -0.39 is 0 Å². The molecule has 0 saturated carbocycles. The highest BCUT2D eigenvalue weighted by molar-refractivity contribution is 6.34. The summed E-state index contributed by atoms with van der Waals surface area (Å²) in [6.07, 6.45) is 3.08. The van der Waals surface area contributed by atoms with Gasteiger partial charge in [0.1, 0.15) is 22.2 Å². The number of allylic oxidation sites excluding steroid dienone is 2. The molecule has 1 aromatic rings. The molecule has 0 fully saturated rings. The van der Waals surface area contributed by atoms with Crippen molar-refractivity contribution in [3.8, 4) is 12.1 Å². The predicted molar refractivity (Wildman–Crippen MR) is 65.3 cm³/mol. The van der Waals surface area contributed by atoms with Gasteiger partial charge < -0.3 is 0 Å². The molecule has 0 aliphatic rings. The summed E-state index contributed by atoms with van der Waals surface area (Å²) in [5.41, 5.74) is 1.56. The molecule has 0 amide bonds. The zero-order valence-corrected chi connectivity index (χ0v) is 9.63.